The first-order chi connectivity index (χ1) is 8.41. The minimum absolute atomic E-state index is 0.0638. The highest BCUT2D eigenvalue weighted by molar-refractivity contribution is 7.80. The van der Waals surface area contributed by atoms with Gasteiger partial charge in [-0.2, -0.15) is 5.10 Å². The maximum absolute atomic E-state index is 11.3. The number of nitrogens with one attached hydrogen (secondary N) is 2. The molecule has 96 valence electrons. The standard InChI is InChI=1S/C7H8N6O4S/c8-6(18)11-9-1-2-12-3-4(13(16)17)5(14)10-7(12)15/h1,3H,2H2,(H3,8,11,18)(H,10,14,15)/b9-1-. The van der Waals surface area contributed by atoms with Crippen LogP contribution in [0.4, 0.5) is 5.69 Å². The molecule has 0 bridgehead atoms. The average molecular weight is 272 g/mol. The van der Waals surface area contributed by atoms with E-state index < -0.39 is 21.9 Å². The molecule has 18 heavy (non-hydrogen) atoms. The third-order valence-electron chi connectivity index (χ3n) is 1.73. The van der Waals surface area contributed by atoms with E-state index in [1.165, 1.54) is 6.21 Å². The highest BCUT2D eigenvalue weighted by Gasteiger charge is 2.14. The summed E-state index contributed by atoms with van der Waals surface area (Å²) in [7, 11) is 0. The molecule has 0 spiro atoms. The summed E-state index contributed by atoms with van der Waals surface area (Å²) in [5.41, 5.74) is 4.76. The molecular formula is C7H8N6O4S. The van der Waals surface area contributed by atoms with Crippen molar-refractivity contribution < 1.29 is 4.92 Å². The minimum Gasteiger partial charge on any atom is -0.375 e. The third-order valence-corrected chi connectivity index (χ3v) is 1.82. The van der Waals surface area contributed by atoms with E-state index in [0.29, 0.717) is 0 Å². The second-order valence-electron chi connectivity index (χ2n) is 2.97. The first kappa shape index (κ1) is 13.5. The molecule has 0 fully saturated rings. The molecule has 0 aromatic carbocycles. The fourth-order valence-electron chi connectivity index (χ4n) is 1.00. The van der Waals surface area contributed by atoms with E-state index in [4.69, 9.17) is 5.73 Å². The lowest BCUT2D eigenvalue weighted by Crippen LogP contribution is -2.31. The molecule has 0 saturated heterocycles. The highest BCUT2D eigenvalue weighted by Crippen LogP contribution is 1.97. The number of rotatable bonds is 4. The fourth-order valence-corrected chi connectivity index (χ4v) is 1.05. The van der Waals surface area contributed by atoms with Crippen LogP contribution in [0.3, 0.4) is 0 Å². The maximum Gasteiger partial charge on any atom is 0.350 e. The largest absolute Gasteiger partial charge is 0.375 e. The number of nitrogens with zero attached hydrogens (tertiary/aromatic N) is 3. The SMILES string of the molecule is NC(=S)N/N=C\Cn1cc([N+](=O)[O-])c(=O)[nH]c1=O. The quantitative estimate of drug-likeness (QED) is 0.255. The van der Waals surface area contributed by atoms with Gasteiger partial charge in [-0.1, -0.05) is 0 Å². The number of hydrazone groups is 1. The molecule has 1 heterocycles. The normalized spacial score (nSPS) is 10.4. The van der Waals surface area contributed by atoms with Crippen molar-refractivity contribution in [3.63, 3.8) is 0 Å². The molecule has 0 aliphatic heterocycles. The van der Waals surface area contributed by atoms with E-state index in [1.807, 2.05) is 4.98 Å². The summed E-state index contributed by atoms with van der Waals surface area (Å²) in [4.78, 5) is 33.8. The lowest BCUT2D eigenvalue weighted by atomic mass is 10.5. The van der Waals surface area contributed by atoms with Crippen molar-refractivity contribution in [2.24, 2.45) is 10.8 Å². The van der Waals surface area contributed by atoms with E-state index in [-0.39, 0.29) is 11.7 Å². The number of aromatic amines is 1. The number of hydrogen-bond acceptors (Lipinski definition) is 6. The molecule has 0 radical (unpaired) electrons. The van der Waals surface area contributed by atoms with Gasteiger partial charge in [-0.25, -0.2) is 4.79 Å². The Kier molecular flexibility index (Phi) is 4.26. The van der Waals surface area contributed by atoms with Gasteiger partial charge >= 0.3 is 16.9 Å². The van der Waals surface area contributed by atoms with Gasteiger partial charge in [0.05, 0.1) is 17.7 Å². The predicted octanol–water partition coefficient (Wildman–Crippen LogP) is -1.74. The summed E-state index contributed by atoms with van der Waals surface area (Å²) in [6.07, 6.45) is 2.04. The van der Waals surface area contributed by atoms with Crippen molar-refractivity contribution in [1.29, 1.82) is 0 Å². The maximum atomic E-state index is 11.3. The Morgan fingerprint density at radius 2 is 2.39 bits per heavy atom. The Balaban J connectivity index is 2.96. The molecule has 0 atom stereocenters. The van der Waals surface area contributed by atoms with Crippen LogP contribution in [0, 0.1) is 10.1 Å². The van der Waals surface area contributed by atoms with E-state index in [9.17, 15) is 19.7 Å². The van der Waals surface area contributed by atoms with Crippen molar-refractivity contribution >= 4 is 29.2 Å². The molecule has 11 heteroatoms. The summed E-state index contributed by atoms with van der Waals surface area (Å²) in [5, 5.41) is 14.0. The van der Waals surface area contributed by atoms with E-state index >= 15 is 0 Å². The first-order valence-corrected chi connectivity index (χ1v) is 4.87. The molecule has 1 aromatic heterocycles. The van der Waals surface area contributed by atoms with Crippen LogP contribution in [-0.4, -0.2) is 25.8 Å². The topological polar surface area (TPSA) is 148 Å². The van der Waals surface area contributed by atoms with Gasteiger partial charge in [0.25, 0.3) is 0 Å². The van der Waals surface area contributed by atoms with E-state index in [2.05, 4.69) is 22.7 Å². The Bertz CT molecular complexity index is 617. The van der Waals surface area contributed by atoms with Gasteiger partial charge in [-0.15, -0.1) is 0 Å². The Labute approximate surface area is 104 Å². The third kappa shape index (κ3) is 3.48. The summed E-state index contributed by atoms with van der Waals surface area (Å²) in [5.74, 6) is 0. The lowest BCUT2D eigenvalue weighted by Gasteiger charge is -2.00. The van der Waals surface area contributed by atoms with Crippen molar-refractivity contribution in [3.05, 3.63) is 37.1 Å². The summed E-state index contributed by atoms with van der Waals surface area (Å²) in [6.45, 7) is -0.0912. The van der Waals surface area contributed by atoms with Crippen LogP contribution in [0.15, 0.2) is 20.9 Å². The highest BCUT2D eigenvalue weighted by atomic mass is 32.1. The van der Waals surface area contributed by atoms with E-state index in [1.54, 1.807) is 0 Å². The van der Waals surface area contributed by atoms with Crippen LogP contribution in [0.1, 0.15) is 0 Å². The molecule has 1 aromatic rings. The van der Waals surface area contributed by atoms with Gasteiger partial charge in [-0.3, -0.25) is 29.9 Å². The molecule has 10 nitrogen and oxygen atoms in total. The second kappa shape index (κ2) is 5.67. The van der Waals surface area contributed by atoms with E-state index in [0.717, 1.165) is 10.8 Å². The van der Waals surface area contributed by atoms with Crippen LogP contribution >= 0.6 is 12.2 Å². The summed E-state index contributed by atoms with van der Waals surface area (Å²) >= 11 is 4.47. The molecule has 1 rings (SSSR count). The van der Waals surface area contributed by atoms with Gasteiger partial charge in [0.1, 0.15) is 0 Å². The van der Waals surface area contributed by atoms with Crippen molar-refractivity contribution in [2.75, 3.05) is 0 Å². The zero-order chi connectivity index (χ0) is 13.7. The monoisotopic (exact) mass is 272 g/mol. The lowest BCUT2D eigenvalue weighted by molar-refractivity contribution is -0.386. The molecule has 4 N–H and O–H groups in total. The number of H-pyrrole nitrogens is 1. The number of thiocarbonyl (C=S) groups is 1. The van der Waals surface area contributed by atoms with Gasteiger partial charge in [0, 0.05) is 6.21 Å². The van der Waals surface area contributed by atoms with Gasteiger partial charge < -0.3 is 5.73 Å². The van der Waals surface area contributed by atoms with Crippen LogP contribution in [0.2, 0.25) is 0 Å². The number of nitro groups is 1. The first-order valence-electron chi connectivity index (χ1n) is 4.47. The zero-order valence-corrected chi connectivity index (χ0v) is 9.64. The molecule has 0 saturated carbocycles. The van der Waals surface area contributed by atoms with Crippen LogP contribution in [0.5, 0.6) is 0 Å². The van der Waals surface area contributed by atoms with Crippen molar-refractivity contribution in [1.82, 2.24) is 15.0 Å². The molecule has 0 unspecified atom stereocenters. The Hall–Kier alpha value is -2.56. The summed E-state index contributed by atoms with van der Waals surface area (Å²) in [6, 6.07) is 0. The van der Waals surface area contributed by atoms with Gasteiger partial charge in [0.15, 0.2) is 5.11 Å². The molecule has 0 amide bonds. The number of hydrogen-bond donors (Lipinski definition) is 3. The van der Waals surface area contributed by atoms with Crippen LogP contribution < -0.4 is 22.4 Å². The smallest absolute Gasteiger partial charge is 0.350 e. The predicted molar refractivity (Wildman–Crippen MR) is 66.4 cm³/mol. The average Bonchev–Trinajstić information content (AvgIpc) is 2.25. The Morgan fingerprint density at radius 3 is 2.94 bits per heavy atom. The fraction of sp³-hybridized carbons (Fsp3) is 0.143. The van der Waals surface area contributed by atoms with Gasteiger partial charge in [-0.05, 0) is 12.2 Å². The summed E-state index contributed by atoms with van der Waals surface area (Å²) < 4.78 is 0.907. The van der Waals surface area contributed by atoms with Crippen molar-refractivity contribution in [3.8, 4) is 0 Å². The van der Waals surface area contributed by atoms with Crippen molar-refractivity contribution in [2.45, 2.75) is 6.54 Å². The van der Waals surface area contributed by atoms with Crippen LogP contribution in [-0.2, 0) is 6.54 Å². The number of nitrogens with two attached hydrogens (primary N) is 1. The van der Waals surface area contributed by atoms with Gasteiger partial charge in [0.2, 0.25) is 0 Å². The molecular weight excluding hydrogens is 264 g/mol. The minimum atomic E-state index is -1.06. The van der Waals surface area contributed by atoms with Crippen LogP contribution in [0.25, 0.3) is 0 Å². The number of aromatic nitrogens is 2. The zero-order valence-electron chi connectivity index (χ0n) is 8.82. The molecule has 0 aliphatic carbocycles. The molecule has 0 aliphatic rings. The Morgan fingerprint density at radius 1 is 1.72 bits per heavy atom. The second-order valence-corrected chi connectivity index (χ2v) is 3.41.